The van der Waals surface area contributed by atoms with Gasteiger partial charge in [0.25, 0.3) is 0 Å². The van der Waals surface area contributed by atoms with Crippen molar-refractivity contribution < 1.29 is 18.6 Å². The second kappa shape index (κ2) is 5.05. The molecule has 2 saturated heterocycles. The number of hydrogen-bond acceptors (Lipinski definition) is 6. The first-order chi connectivity index (χ1) is 8.28. The molecule has 6 nitrogen and oxygen atoms in total. The van der Waals surface area contributed by atoms with Crippen LogP contribution in [0.1, 0.15) is 6.42 Å². The molecule has 0 bridgehead atoms. The topological polar surface area (TPSA) is 81.1 Å². The van der Waals surface area contributed by atoms with Gasteiger partial charge in [0.15, 0.2) is 9.84 Å². The van der Waals surface area contributed by atoms with Crippen LogP contribution in [0.5, 0.6) is 0 Å². The lowest BCUT2D eigenvalue weighted by molar-refractivity contribution is 0.0620. The minimum Gasteiger partial charge on any atom is -0.392 e. The van der Waals surface area contributed by atoms with Crippen LogP contribution in [-0.4, -0.2) is 91.4 Å². The highest BCUT2D eigenvalue weighted by Crippen LogP contribution is 2.27. The molecule has 4 atom stereocenters. The summed E-state index contributed by atoms with van der Waals surface area (Å²) in [5.41, 5.74) is 0. The summed E-state index contributed by atoms with van der Waals surface area (Å²) in [6.45, 7) is 1.22. The third-order valence-electron chi connectivity index (χ3n) is 3.73. The average Bonchev–Trinajstić information content (AvgIpc) is 2.65. The number of hydrogen-bond donors (Lipinski definition) is 2. The summed E-state index contributed by atoms with van der Waals surface area (Å²) >= 11 is 0. The van der Waals surface area contributed by atoms with Gasteiger partial charge in [-0.15, -0.1) is 0 Å². The molecule has 0 aliphatic carbocycles. The largest absolute Gasteiger partial charge is 0.392 e. The smallest absolute Gasteiger partial charge is 0.154 e. The summed E-state index contributed by atoms with van der Waals surface area (Å²) in [5, 5.41) is 19.7. The maximum atomic E-state index is 11.6. The Balaban J connectivity index is 2.11. The highest BCUT2D eigenvalue weighted by atomic mass is 32.2. The van der Waals surface area contributed by atoms with E-state index >= 15 is 0 Å². The molecule has 4 unspecified atom stereocenters. The van der Waals surface area contributed by atoms with E-state index in [0.29, 0.717) is 13.0 Å². The summed E-state index contributed by atoms with van der Waals surface area (Å²) in [4.78, 5) is 3.99. The molecule has 2 heterocycles. The van der Waals surface area contributed by atoms with Gasteiger partial charge in [-0.2, -0.15) is 0 Å². The van der Waals surface area contributed by atoms with E-state index < -0.39 is 22.0 Å². The van der Waals surface area contributed by atoms with Crippen molar-refractivity contribution in [1.29, 1.82) is 0 Å². The zero-order valence-electron chi connectivity index (χ0n) is 10.9. The third-order valence-corrected chi connectivity index (χ3v) is 5.43. The standard InChI is InChI=1S/C11H22N2O4S/c1-12(2)4-8-3-9(14)5-13(8)10-6-18(16,17)7-11(10)15/h8-11,14-15H,3-7H2,1-2H3. The summed E-state index contributed by atoms with van der Waals surface area (Å²) < 4.78 is 23.1. The maximum Gasteiger partial charge on any atom is 0.154 e. The van der Waals surface area contributed by atoms with Gasteiger partial charge in [-0.1, -0.05) is 0 Å². The first-order valence-electron chi connectivity index (χ1n) is 6.25. The molecule has 18 heavy (non-hydrogen) atoms. The molecule has 0 aromatic rings. The van der Waals surface area contributed by atoms with Crippen LogP contribution in [0.3, 0.4) is 0 Å². The number of aliphatic hydroxyl groups is 2. The van der Waals surface area contributed by atoms with E-state index in [2.05, 4.69) is 0 Å². The van der Waals surface area contributed by atoms with Gasteiger partial charge < -0.3 is 15.1 Å². The fraction of sp³-hybridized carbons (Fsp3) is 1.00. The molecule has 0 aromatic heterocycles. The molecule has 2 rings (SSSR count). The van der Waals surface area contributed by atoms with E-state index in [0.717, 1.165) is 6.54 Å². The molecule has 2 fully saturated rings. The normalized spacial score (nSPS) is 40.7. The molecular weight excluding hydrogens is 256 g/mol. The molecule has 2 N–H and O–H groups in total. The van der Waals surface area contributed by atoms with Crippen molar-refractivity contribution in [3.8, 4) is 0 Å². The van der Waals surface area contributed by atoms with E-state index in [1.165, 1.54) is 0 Å². The van der Waals surface area contributed by atoms with Crippen molar-refractivity contribution in [2.24, 2.45) is 0 Å². The Morgan fingerprint density at radius 1 is 1.28 bits per heavy atom. The minimum atomic E-state index is -3.14. The molecule has 2 aliphatic rings. The van der Waals surface area contributed by atoms with Crippen LogP contribution in [0.25, 0.3) is 0 Å². The molecule has 0 amide bonds. The Kier molecular flexibility index (Phi) is 3.99. The van der Waals surface area contributed by atoms with Crippen LogP contribution >= 0.6 is 0 Å². The van der Waals surface area contributed by atoms with Gasteiger partial charge in [-0.3, -0.25) is 4.90 Å². The lowest BCUT2D eigenvalue weighted by Crippen LogP contribution is -2.49. The van der Waals surface area contributed by atoms with Crippen molar-refractivity contribution in [2.45, 2.75) is 30.7 Å². The van der Waals surface area contributed by atoms with Gasteiger partial charge >= 0.3 is 0 Å². The Labute approximate surface area is 108 Å². The Morgan fingerprint density at radius 3 is 2.44 bits per heavy atom. The average molecular weight is 278 g/mol. The molecule has 2 aliphatic heterocycles. The first-order valence-corrected chi connectivity index (χ1v) is 8.07. The third kappa shape index (κ3) is 3.03. The predicted octanol–water partition coefficient (Wildman–Crippen LogP) is -1.86. The molecule has 0 saturated carbocycles. The van der Waals surface area contributed by atoms with Crippen molar-refractivity contribution >= 4 is 9.84 Å². The second-order valence-corrected chi connectivity index (χ2v) is 7.87. The SMILES string of the molecule is CN(C)CC1CC(O)CN1C1CS(=O)(=O)CC1O. The minimum absolute atomic E-state index is 0.00478. The Bertz CT molecular complexity index is 398. The molecule has 7 heteroatoms. The summed E-state index contributed by atoms with van der Waals surface area (Å²) in [7, 11) is 0.760. The molecule has 0 radical (unpaired) electrons. The highest BCUT2D eigenvalue weighted by molar-refractivity contribution is 7.91. The highest BCUT2D eigenvalue weighted by Gasteiger charge is 2.45. The van der Waals surface area contributed by atoms with Crippen LogP contribution in [-0.2, 0) is 9.84 Å². The number of sulfone groups is 1. The van der Waals surface area contributed by atoms with Gasteiger partial charge in [-0.05, 0) is 20.5 Å². The second-order valence-electron chi connectivity index (χ2n) is 5.71. The van der Waals surface area contributed by atoms with E-state index in [9.17, 15) is 18.6 Å². The Morgan fingerprint density at radius 2 is 1.94 bits per heavy atom. The van der Waals surface area contributed by atoms with Gasteiger partial charge in [0.1, 0.15) is 0 Å². The van der Waals surface area contributed by atoms with Crippen molar-refractivity contribution in [3.05, 3.63) is 0 Å². The fourth-order valence-corrected chi connectivity index (χ4v) is 4.86. The van der Waals surface area contributed by atoms with E-state index in [1.54, 1.807) is 0 Å². The molecule has 106 valence electrons. The fourth-order valence-electron chi connectivity index (χ4n) is 3.05. The van der Waals surface area contributed by atoms with Crippen molar-refractivity contribution in [1.82, 2.24) is 9.80 Å². The van der Waals surface area contributed by atoms with E-state index in [1.807, 2.05) is 23.9 Å². The van der Waals surface area contributed by atoms with E-state index in [4.69, 9.17) is 0 Å². The summed E-state index contributed by atoms with van der Waals surface area (Å²) in [6, 6.07) is -0.250. The molecule has 0 aromatic carbocycles. The van der Waals surface area contributed by atoms with Gasteiger partial charge in [0.2, 0.25) is 0 Å². The number of rotatable bonds is 3. The van der Waals surface area contributed by atoms with Crippen molar-refractivity contribution in [2.75, 3.05) is 38.7 Å². The molecular formula is C11H22N2O4S. The maximum absolute atomic E-state index is 11.6. The van der Waals surface area contributed by atoms with Crippen molar-refractivity contribution in [3.63, 3.8) is 0 Å². The zero-order chi connectivity index (χ0) is 13.5. The summed E-state index contributed by atoms with van der Waals surface area (Å²) in [5.74, 6) is -0.149. The van der Waals surface area contributed by atoms with Crippen LogP contribution in [0.15, 0.2) is 0 Å². The number of likely N-dealkylation sites (N-methyl/N-ethyl adjacent to an activating group) is 1. The number of likely N-dealkylation sites (tertiary alicyclic amines) is 1. The monoisotopic (exact) mass is 278 g/mol. The van der Waals surface area contributed by atoms with Gasteiger partial charge in [0.05, 0.1) is 29.8 Å². The summed E-state index contributed by atoms with van der Waals surface area (Å²) in [6.07, 6.45) is -0.614. The van der Waals surface area contributed by atoms with Crippen LogP contribution in [0, 0.1) is 0 Å². The van der Waals surface area contributed by atoms with Crippen LogP contribution in [0.2, 0.25) is 0 Å². The van der Waals surface area contributed by atoms with Crippen LogP contribution < -0.4 is 0 Å². The lowest BCUT2D eigenvalue weighted by atomic mass is 10.1. The number of aliphatic hydroxyl groups excluding tert-OH is 2. The van der Waals surface area contributed by atoms with Gasteiger partial charge in [-0.25, -0.2) is 8.42 Å². The Hall–Kier alpha value is -0.210. The first kappa shape index (κ1) is 14.2. The zero-order valence-corrected chi connectivity index (χ0v) is 11.7. The predicted molar refractivity (Wildman–Crippen MR) is 68.1 cm³/mol. The molecule has 0 spiro atoms. The lowest BCUT2D eigenvalue weighted by Gasteiger charge is -2.32. The van der Waals surface area contributed by atoms with Crippen LogP contribution in [0.4, 0.5) is 0 Å². The number of nitrogens with zero attached hydrogens (tertiary/aromatic N) is 2. The number of β-amino-alcohol motifs (C(OH)–C–C–N with tert-alkyl or cyclic N) is 1. The van der Waals surface area contributed by atoms with E-state index in [-0.39, 0.29) is 23.6 Å². The quantitative estimate of drug-likeness (QED) is 0.630. The van der Waals surface area contributed by atoms with Gasteiger partial charge in [0, 0.05) is 19.1 Å².